The number of rotatable bonds is 15. The van der Waals surface area contributed by atoms with Crippen molar-refractivity contribution in [1.82, 2.24) is 30.4 Å². The van der Waals surface area contributed by atoms with Gasteiger partial charge in [-0.25, -0.2) is 4.79 Å². The van der Waals surface area contributed by atoms with Gasteiger partial charge in [-0.2, -0.15) is 0 Å². The average molecular weight is 608 g/mol. The summed E-state index contributed by atoms with van der Waals surface area (Å²) in [5.74, 6) is -0.494. The number of amides is 2. The molecule has 0 aromatic heterocycles. The zero-order chi connectivity index (χ0) is 31.8. The molecule has 244 valence electrons. The molecule has 2 N–H and O–H groups in total. The summed E-state index contributed by atoms with van der Waals surface area (Å²) in [5.41, 5.74) is -0.681. The van der Waals surface area contributed by atoms with Crippen molar-refractivity contribution >= 4 is 23.6 Å². The normalized spacial score (nSPS) is 23.1. The number of hydrogen-bond acceptors (Lipinski definition) is 9. The molecule has 2 unspecified atom stereocenters. The lowest BCUT2D eigenvalue weighted by Gasteiger charge is -2.44. The van der Waals surface area contributed by atoms with Crippen LogP contribution in [0.4, 0.5) is 0 Å². The molecule has 3 saturated heterocycles. The Bertz CT molecular complexity index is 980. The van der Waals surface area contributed by atoms with Crippen LogP contribution in [0.15, 0.2) is 12.3 Å². The Morgan fingerprint density at radius 2 is 1.51 bits per heavy atom. The SMILES string of the molecule is C=C1CCC(=O)N1OC(=O)CCN1CC[15N](CC[15NH]C(=O)CC[15NH]C(C)(C)C(=O)C(C)(C)CN2C(C)CCCC2C)CC1. The molecule has 0 saturated carbocycles. The van der Waals surface area contributed by atoms with Crippen molar-refractivity contribution in [1.29, 1.82) is 0 Å². The summed E-state index contributed by atoms with van der Waals surface area (Å²) in [7, 11) is 0. The highest BCUT2D eigenvalue weighted by Gasteiger charge is 2.41. The highest BCUT2D eigenvalue weighted by atomic mass is 16.7. The van der Waals surface area contributed by atoms with Gasteiger partial charge in [-0.3, -0.25) is 24.2 Å². The standard InChI is InChI=1S/C32H56N6O5/c1-24-9-8-10-25(2)37(24)23-31(4,5)30(42)32(6,7)34-15-13-27(39)33-16-18-36-21-19-35(20-22-36)17-14-29(41)43-38-26(3)11-12-28(38)40/h24-25,34H,3,8-23H2,1-2,4-7H3,(H,33,39)/i33+1,34+1,36+1. The topological polar surface area (TPSA) is 115 Å². The van der Waals surface area contributed by atoms with Crippen LogP contribution in [-0.2, 0) is 24.0 Å². The fourth-order valence-corrected chi connectivity index (χ4v) is 6.55. The number of nitrogens with zero attached hydrogens (tertiary/aromatic N) is 4. The molecule has 3 aliphatic heterocycles. The summed E-state index contributed by atoms with van der Waals surface area (Å²) in [6, 6.07) is 0.982. The highest BCUT2D eigenvalue weighted by molar-refractivity contribution is 5.92. The molecule has 0 bridgehead atoms. The largest absolute Gasteiger partial charge is 0.355 e. The first-order valence-electron chi connectivity index (χ1n) is 16.2. The Morgan fingerprint density at radius 3 is 2.09 bits per heavy atom. The van der Waals surface area contributed by atoms with E-state index in [-0.39, 0.29) is 24.0 Å². The predicted octanol–water partition coefficient (Wildman–Crippen LogP) is 2.32. The number of hydrogen-bond donors (Lipinski definition) is 2. The van der Waals surface area contributed by atoms with Crippen molar-refractivity contribution in [3.8, 4) is 0 Å². The summed E-state index contributed by atoms with van der Waals surface area (Å²) < 4.78 is 0. The van der Waals surface area contributed by atoms with E-state index in [2.05, 4.69) is 45.8 Å². The lowest BCUT2D eigenvalue weighted by atomic mass is 9.78. The number of nitrogens with one attached hydrogen (secondary N) is 2. The lowest BCUT2D eigenvalue weighted by molar-refractivity contribution is -0.187. The van der Waals surface area contributed by atoms with Crippen LogP contribution in [-0.4, -0.2) is 120 Å². The van der Waals surface area contributed by atoms with E-state index in [1.165, 1.54) is 19.3 Å². The molecule has 11 heteroatoms. The third-order valence-electron chi connectivity index (χ3n) is 9.24. The zero-order valence-corrected chi connectivity index (χ0v) is 27.5. The number of likely N-dealkylation sites (tertiary alicyclic amines) is 1. The molecule has 0 aromatic carbocycles. The summed E-state index contributed by atoms with van der Waals surface area (Å²) in [4.78, 5) is 62.1. The van der Waals surface area contributed by atoms with E-state index in [1.54, 1.807) is 0 Å². The molecule has 0 aromatic rings. The van der Waals surface area contributed by atoms with Gasteiger partial charge in [0, 0.05) is 89.2 Å². The van der Waals surface area contributed by atoms with Gasteiger partial charge in [0.15, 0.2) is 5.78 Å². The van der Waals surface area contributed by atoms with Crippen LogP contribution in [0.5, 0.6) is 0 Å². The van der Waals surface area contributed by atoms with Gasteiger partial charge in [0.25, 0.3) is 5.91 Å². The Balaban J connectivity index is 1.27. The fourth-order valence-electron chi connectivity index (χ4n) is 6.55. The second kappa shape index (κ2) is 15.6. The Hall–Kier alpha value is -2.34. The van der Waals surface area contributed by atoms with E-state index in [0.717, 1.165) is 44.3 Å². The highest BCUT2D eigenvalue weighted by Crippen LogP contribution is 2.31. The van der Waals surface area contributed by atoms with E-state index < -0.39 is 16.9 Å². The molecule has 3 heterocycles. The van der Waals surface area contributed by atoms with Gasteiger partial charge in [0.2, 0.25) is 5.91 Å². The van der Waals surface area contributed by atoms with Crippen LogP contribution in [0.3, 0.4) is 0 Å². The summed E-state index contributed by atoms with van der Waals surface area (Å²) in [6.45, 7) is 22.7. The van der Waals surface area contributed by atoms with Crippen LogP contribution in [0.2, 0.25) is 0 Å². The van der Waals surface area contributed by atoms with Gasteiger partial charge in [0.05, 0.1) is 17.7 Å². The molecular weight excluding hydrogens is 551 g/mol. The minimum atomic E-state index is -0.720. The van der Waals surface area contributed by atoms with Gasteiger partial charge < -0.3 is 20.4 Å². The molecule has 3 rings (SSSR count). The first-order chi connectivity index (χ1) is 20.2. The van der Waals surface area contributed by atoms with Gasteiger partial charge in [-0.1, -0.05) is 26.8 Å². The van der Waals surface area contributed by atoms with E-state index in [4.69, 9.17) is 4.84 Å². The van der Waals surface area contributed by atoms with Crippen molar-refractivity contribution in [2.45, 2.75) is 104 Å². The van der Waals surface area contributed by atoms with Gasteiger partial charge in [-0.05, 0) is 47.0 Å². The second-order valence-electron chi connectivity index (χ2n) is 13.8. The molecule has 3 aliphatic rings. The third-order valence-corrected chi connectivity index (χ3v) is 9.24. The van der Waals surface area contributed by atoms with Crippen LogP contribution in [0, 0.1) is 5.41 Å². The molecule has 11 nitrogen and oxygen atoms in total. The van der Waals surface area contributed by atoms with Crippen LogP contribution >= 0.6 is 0 Å². The van der Waals surface area contributed by atoms with Crippen molar-refractivity contribution in [3.63, 3.8) is 0 Å². The van der Waals surface area contributed by atoms with E-state index in [1.807, 2.05) is 27.7 Å². The summed E-state index contributed by atoms with van der Waals surface area (Å²) >= 11 is 0. The average Bonchev–Trinajstić information content (AvgIpc) is 3.26. The van der Waals surface area contributed by atoms with Crippen molar-refractivity contribution in [2.75, 3.05) is 58.9 Å². The smallest absolute Gasteiger partial charge is 0.334 e. The van der Waals surface area contributed by atoms with Gasteiger partial charge >= 0.3 is 5.97 Å². The van der Waals surface area contributed by atoms with E-state index >= 15 is 0 Å². The van der Waals surface area contributed by atoms with E-state index in [9.17, 15) is 19.2 Å². The third kappa shape index (κ3) is 10.4. The van der Waals surface area contributed by atoms with Crippen molar-refractivity contribution in [2.24, 2.45) is 5.41 Å². The first kappa shape index (κ1) is 35.1. The fraction of sp³-hybridized carbons (Fsp3) is 0.812. The summed E-state index contributed by atoms with van der Waals surface area (Å²) in [5, 5.41) is 7.38. The maximum atomic E-state index is 13.5. The number of hydroxylamine groups is 2. The lowest BCUT2D eigenvalue weighted by Crippen LogP contribution is -2.57. The molecule has 3 fully saturated rings. The first-order valence-corrected chi connectivity index (χ1v) is 16.2. The maximum Gasteiger partial charge on any atom is 0.334 e. The van der Waals surface area contributed by atoms with Crippen LogP contribution in [0.1, 0.15) is 86.5 Å². The molecule has 0 spiro atoms. The van der Waals surface area contributed by atoms with Crippen molar-refractivity contribution in [3.05, 3.63) is 12.3 Å². The van der Waals surface area contributed by atoms with Crippen LogP contribution in [0.25, 0.3) is 0 Å². The summed E-state index contributed by atoms with van der Waals surface area (Å²) in [6.07, 6.45) is 5.01. The Kier molecular flexibility index (Phi) is 12.7. The molecule has 0 radical (unpaired) electrons. The number of ketones is 1. The number of carbonyl (C=O) groups excluding carboxylic acids is 4. The number of allylic oxidation sites excluding steroid dienone is 1. The number of Topliss-reactive ketones (excluding diaryl/α,β-unsaturated/α-hetero) is 1. The van der Waals surface area contributed by atoms with Gasteiger partial charge in [-0.15, -0.1) is 5.06 Å². The monoisotopic (exact) mass is 607 g/mol. The maximum absolute atomic E-state index is 13.5. The Morgan fingerprint density at radius 1 is 0.907 bits per heavy atom. The zero-order valence-electron chi connectivity index (χ0n) is 27.5. The molecule has 2 amide bonds. The predicted molar refractivity (Wildman–Crippen MR) is 167 cm³/mol. The molecular formula is C32H56N6O5. The molecule has 43 heavy (non-hydrogen) atoms. The van der Waals surface area contributed by atoms with Crippen molar-refractivity contribution < 1.29 is 24.0 Å². The number of piperazine rings is 1. The Labute approximate surface area is 258 Å². The number of carbonyl (C=O) groups is 4. The molecule has 2 atom stereocenters. The second-order valence-corrected chi connectivity index (χ2v) is 13.8. The number of piperidine rings is 1. The van der Waals surface area contributed by atoms with Crippen LogP contribution < -0.4 is 10.6 Å². The minimum Gasteiger partial charge on any atom is -0.355 e. The van der Waals surface area contributed by atoms with Gasteiger partial charge in [0.1, 0.15) is 0 Å². The van der Waals surface area contributed by atoms with E-state index in [0.29, 0.717) is 56.7 Å². The quantitative estimate of drug-likeness (QED) is 0.271. The minimum absolute atomic E-state index is 0.0257. The molecule has 0 aliphatic carbocycles.